The number of benzene rings is 2. The number of azo groups is 1. The van der Waals surface area contributed by atoms with Gasteiger partial charge in [-0.15, -0.1) is 0 Å². The van der Waals surface area contributed by atoms with Crippen LogP contribution in [-0.4, -0.2) is 44.2 Å². The molecule has 0 aliphatic heterocycles. The maximum Gasteiger partial charge on any atom is 0.276 e. The molecule has 0 bridgehead atoms. The Morgan fingerprint density at radius 3 is 2.06 bits per heavy atom. The van der Waals surface area contributed by atoms with Gasteiger partial charge in [0.15, 0.2) is 28.8 Å². The van der Waals surface area contributed by atoms with Crippen LogP contribution in [0.2, 0.25) is 5.02 Å². The highest BCUT2D eigenvalue weighted by Crippen LogP contribution is 2.42. The van der Waals surface area contributed by atoms with Gasteiger partial charge >= 0.3 is 0 Å². The summed E-state index contributed by atoms with van der Waals surface area (Å²) in [6.45, 7) is 10.1. The first-order valence-corrected chi connectivity index (χ1v) is 11.9. The number of nitrogens with zero attached hydrogens (tertiary/aromatic N) is 3. The van der Waals surface area contributed by atoms with Crippen molar-refractivity contribution in [3.05, 3.63) is 35.4 Å². The SMILES string of the molecule is CCOc1ccc(N(Cl)C(=O)C(N=Nc2ccc(OCC)c(OCC)c2Cl)C(C)=O)cc1OCC. The third-order valence-corrected chi connectivity index (χ3v) is 5.20. The molecule has 1 atom stereocenters. The largest absolute Gasteiger partial charge is 0.490 e. The summed E-state index contributed by atoms with van der Waals surface area (Å²) in [5.41, 5.74) is 0.487. The number of carbonyl (C=O) groups excluding carboxylic acids is 2. The van der Waals surface area contributed by atoms with Crippen LogP contribution in [0.3, 0.4) is 0 Å². The highest BCUT2D eigenvalue weighted by atomic mass is 35.5. The fraction of sp³-hybridized carbons (Fsp3) is 0.417. The fourth-order valence-corrected chi connectivity index (χ4v) is 3.42. The lowest BCUT2D eigenvalue weighted by atomic mass is 10.2. The summed E-state index contributed by atoms with van der Waals surface area (Å²) < 4.78 is 23.0. The van der Waals surface area contributed by atoms with Crippen molar-refractivity contribution in [1.82, 2.24) is 0 Å². The summed E-state index contributed by atoms with van der Waals surface area (Å²) in [5, 5.41) is 8.13. The molecular formula is C24H29Cl2N3O6. The van der Waals surface area contributed by atoms with Crippen molar-refractivity contribution < 1.29 is 28.5 Å². The number of amides is 1. The predicted molar refractivity (Wildman–Crippen MR) is 135 cm³/mol. The van der Waals surface area contributed by atoms with Crippen LogP contribution < -0.4 is 23.4 Å². The molecule has 0 spiro atoms. The molecule has 9 nitrogen and oxygen atoms in total. The lowest BCUT2D eigenvalue weighted by Crippen LogP contribution is -2.36. The Labute approximate surface area is 215 Å². The van der Waals surface area contributed by atoms with Gasteiger partial charge in [-0.25, -0.2) is 4.42 Å². The zero-order chi connectivity index (χ0) is 26.0. The third-order valence-electron chi connectivity index (χ3n) is 4.48. The number of hydrogen-bond donors (Lipinski definition) is 0. The number of halogens is 2. The molecule has 0 saturated carbocycles. The molecule has 0 heterocycles. The van der Waals surface area contributed by atoms with Gasteiger partial charge in [0.05, 0.1) is 32.1 Å². The van der Waals surface area contributed by atoms with E-state index < -0.39 is 17.7 Å². The maximum absolute atomic E-state index is 13.0. The topological polar surface area (TPSA) is 99.0 Å². The molecule has 0 aliphatic rings. The molecule has 2 rings (SSSR count). The molecule has 0 saturated heterocycles. The first-order chi connectivity index (χ1) is 16.8. The average Bonchev–Trinajstić information content (AvgIpc) is 2.83. The van der Waals surface area contributed by atoms with Crippen LogP contribution >= 0.6 is 23.4 Å². The van der Waals surface area contributed by atoms with Crippen molar-refractivity contribution in [2.75, 3.05) is 30.8 Å². The summed E-state index contributed by atoms with van der Waals surface area (Å²) in [7, 11) is 0. The Morgan fingerprint density at radius 2 is 1.46 bits per heavy atom. The van der Waals surface area contributed by atoms with Crippen LogP contribution in [0.4, 0.5) is 11.4 Å². The van der Waals surface area contributed by atoms with Crippen LogP contribution in [0, 0.1) is 0 Å². The minimum absolute atomic E-state index is 0.145. The van der Waals surface area contributed by atoms with Crippen LogP contribution in [-0.2, 0) is 9.59 Å². The van der Waals surface area contributed by atoms with Crippen molar-refractivity contribution >= 4 is 46.4 Å². The second-order valence-electron chi connectivity index (χ2n) is 6.94. The second kappa shape index (κ2) is 13.7. The van der Waals surface area contributed by atoms with Crippen molar-refractivity contribution in [1.29, 1.82) is 0 Å². The molecule has 1 amide bonds. The first-order valence-electron chi connectivity index (χ1n) is 11.2. The van der Waals surface area contributed by atoms with E-state index in [9.17, 15) is 9.59 Å². The molecule has 190 valence electrons. The highest BCUT2D eigenvalue weighted by molar-refractivity contribution is 6.39. The number of hydrogen-bond acceptors (Lipinski definition) is 8. The highest BCUT2D eigenvalue weighted by Gasteiger charge is 2.29. The van der Waals surface area contributed by atoms with Crippen molar-refractivity contribution in [2.24, 2.45) is 10.2 Å². The number of anilines is 1. The molecule has 35 heavy (non-hydrogen) atoms. The monoisotopic (exact) mass is 525 g/mol. The van der Waals surface area contributed by atoms with Gasteiger partial charge in [-0.3, -0.25) is 9.59 Å². The molecule has 0 radical (unpaired) electrons. The molecule has 11 heteroatoms. The molecule has 0 fully saturated rings. The van der Waals surface area contributed by atoms with Crippen LogP contribution in [0.5, 0.6) is 23.0 Å². The van der Waals surface area contributed by atoms with Gasteiger partial charge in [0.1, 0.15) is 10.7 Å². The van der Waals surface area contributed by atoms with Gasteiger partial charge in [-0.2, -0.15) is 10.2 Å². The van der Waals surface area contributed by atoms with Crippen molar-refractivity contribution in [2.45, 2.75) is 40.7 Å². The molecule has 0 aromatic heterocycles. The van der Waals surface area contributed by atoms with Gasteiger partial charge in [-0.1, -0.05) is 11.6 Å². The van der Waals surface area contributed by atoms with E-state index in [0.29, 0.717) is 49.4 Å². The lowest BCUT2D eigenvalue weighted by Gasteiger charge is -2.19. The number of carbonyl (C=O) groups is 2. The van der Waals surface area contributed by atoms with Crippen LogP contribution in [0.25, 0.3) is 0 Å². The van der Waals surface area contributed by atoms with E-state index in [1.807, 2.05) is 20.8 Å². The minimum atomic E-state index is -1.49. The van der Waals surface area contributed by atoms with Gasteiger partial charge in [0.2, 0.25) is 6.04 Å². The normalized spacial score (nSPS) is 11.7. The van der Waals surface area contributed by atoms with E-state index in [1.165, 1.54) is 6.92 Å². The Kier molecular flexibility index (Phi) is 11.1. The molecule has 0 aliphatic carbocycles. The average molecular weight is 526 g/mol. The number of ketones is 1. The van der Waals surface area contributed by atoms with E-state index in [0.717, 1.165) is 4.42 Å². The molecule has 2 aromatic carbocycles. The summed E-state index contributed by atoms with van der Waals surface area (Å²) in [4.78, 5) is 25.3. The first kappa shape index (κ1) is 28.2. The third kappa shape index (κ3) is 7.22. The van der Waals surface area contributed by atoms with E-state index in [1.54, 1.807) is 37.3 Å². The Hall–Kier alpha value is -3.04. The fourth-order valence-electron chi connectivity index (χ4n) is 2.97. The smallest absolute Gasteiger partial charge is 0.276 e. The zero-order valence-electron chi connectivity index (χ0n) is 20.3. The van der Waals surface area contributed by atoms with E-state index in [2.05, 4.69) is 10.2 Å². The quantitative estimate of drug-likeness (QED) is 0.176. The van der Waals surface area contributed by atoms with E-state index >= 15 is 0 Å². The maximum atomic E-state index is 13.0. The van der Waals surface area contributed by atoms with Crippen molar-refractivity contribution in [3.63, 3.8) is 0 Å². The van der Waals surface area contributed by atoms with E-state index in [-0.39, 0.29) is 16.4 Å². The standard InChI is InChI=1S/C24H29Cl2N3O6/c1-6-32-18-12-10-16(14-20(18)34-8-3)29(26)24(31)22(15(5)30)28-27-17-11-13-19(33-7-2)23(21(17)25)35-9-4/h10-14,22H,6-9H2,1-5H3. The lowest BCUT2D eigenvalue weighted by molar-refractivity contribution is -0.126. The molecule has 1 unspecified atom stereocenters. The Balaban J connectivity index is 2.34. The Morgan fingerprint density at radius 1 is 0.886 bits per heavy atom. The predicted octanol–water partition coefficient (Wildman–Crippen LogP) is 6.16. The summed E-state index contributed by atoms with van der Waals surface area (Å²) in [5.74, 6) is 0.332. The van der Waals surface area contributed by atoms with Gasteiger partial charge in [0, 0.05) is 17.8 Å². The minimum Gasteiger partial charge on any atom is -0.490 e. The summed E-state index contributed by atoms with van der Waals surface area (Å²) in [6, 6.07) is 6.44. The Bertz CT molecular complexity index is 1060. The molecule has 0 N–H and O–H groups in total. The van der Waals surface area contributed by atoms with Crippen LogP contribution in [0.1, 0.15) is 34.6 Å². The van der Waals surface area contributed by atoms with Gasteiger partial charge in [-0.05, 0) is 58.9 Å². The summed E-state index contributed by atoms with van der Waals surface area (Å²) in [6.07, 6.45) is 0. The summed E-state index contributed by atoms with van der Waals surface area (Å²) >= 11 is 12.7. The van der Waals surface area contributed by atoms with Gasteiger partial charge in [0.25, 0.3) is 5.91 Å². The van der Waals surface area contributed by atoms with E-state index in [4.69, 9.17) is 42.3 Å². The van der Waals surface area contributed by atoms with Crippen LogP contribution in [0.15, 0.2) is 40.6 Å². The number of ether oxygens (including phenoxy) is 4. The zero-order valence-corrected chi connectivity index (χ0v) is 21.9. The van der Waals surface area contributed by atoms with Crippen molar-refractivity contribution in [3.8, 4) is 23.0 Å². The molecule has 2 aromatic rings. The number of rotatable bonds is 13. The second-order valence-corrected chi connectivity index (χ2v) is 7.65. The number of Topliss-reactive ketones (excluding diaryl/α,β-unsaturated/α-hetero) is 1. The van der Waals surface area contributed by atoms with Gasteiger partial charge < -0.3 is 18.9 Å². The molecular weight excluding hydrogens is 497 g/mol.